The van der Waals surface area contributed by atoms with Crippen molar-refractivity contribution in [3.05, 3.63) is 0 Å². The smallest absolute Gasteiger partial charge is 0.410 e. The van der Waals surface area contributed by atoms with Crippen LogP contribution in [0.4, 0.5) is 4.79 Å². The van der Waals surface area contributed by atoms with Crippen LogP contribution < -0.4 is 5.73 Å². The van der Waals surface area contributed by atoms with Gasteiger partial charge in [0.25, 0.3) is 0 Å². The second-order valence-electron chi connectivity index (χ2n) is 6.02. The molecule has 6 heteroatoms. The minimum atomic E-state index is -0.448. The lowest BCUT2D eigenvalue weighted by Crippen LogP contribution is -2.58. The van der Waals surface area contributed by atoms with Gasteiger partial charge in [0.1, 0.15) is 5.60 Å². The maximum Gasteiger partial charge on any atom is 0.410 e. The third-order valence-electron chi connectivity index (χ3n) is 3.39. The fourth-order valence-corrected chi connectivity index (χ4v) is 3.04. The van der Waals surface area contributed by atoms with Crippen molar-refractivity contribution < 1.29 is 9.53 Å². The average Bonchev–Trinajstić information content (AvgIpc) is 2.47. The number of fused-ring (bicyclic) bond motifs is 2. The first-order valence-corrected chi connectivity index (χ1v) is 6.74. The highest BCUT2D eigenvalue weighted by molar-refractivity contribution is 7.80. The average molecular weight is 271 g/mol. The number of carbonyl (C=O) groups is 1. The highest BCUT2D eigenvalue weighted by Gasteiger charge is 2.42. The van der Waals surface area contributed by atoms with Crippen LogP contribution in [-0.4, -0.2) is 51.8 Å². The van der Waals surface area contributed by atoms with E-state index in [0.717, 1.165) is 12.8 Å². The molecule has 2 N–H and O–H groups in total. The Morgan fingerprint density at radius 1 is 1.28 bits per heavy atom. The molecular weight excluding hydrogens is 250 g/mol. The zero-order valence-corrected chi connectivity index (χ0v) is 12.0. The summed E-state index contributed by atoms with van der Waals surface area (Å²) in [6, 6.07) is 0.516. The summed E-state index contributed by atoms with van der Waals surface area (Å²) in [7, 11) is 0. The molecule has 2 saturated heterocycles. The molecule has 0 aromatic rings. The summed E-state index contributed by atoms with van der Waals surface area (Å²) in [5.41, 5.74) is 5.29. The van der Waals surface area contributed by atoms with E-state index in [1.165, 1.54) is 0 Å². The number of likely N-dealkylation sites (tertiary alicyclic amines) is 1. The van der Waals surface area contributed by atoms with Crippen LogP contribution in [0.3, 0.4) is 0 Å². The Bertz CT molecular complexity index is 353. The van der Waals surface area contributed by atoms with Gasteiger partial charge in [-0.1, -0.05) is 0 Å². The summed E-state index contributed by atoms with van der Waals surface area (Å²) < 4.78 is 5.40. The number of nitrogens with zero attached hydrogens (tertiary/aromatic N) is 2. The number of hydrogen-bond acceptors (Lipinski definition) is 3. The van der Waals surface area contributed by atoms with Crippen LogP contribution in [0.5, 0.6) is 0 Å². The zero-order valence-electron chi connectivity index (χ0n) is 11.2. The fourth-order valence-electron chi connectivity index (χ4n) is 2.74. The Balaban J connectivity index is 2.00. The maximum atomic E-state index is 12.0. The molecule has 2 bridgehead atoms. The summed E-state index contributed by atoms with van der Waals surface area (Å²) in [4.78, 5) is 15.9. The van der Waals surface area contributed by atoms with Crippen molar-refractivity contribution in [3.63, 3.8) is 0 Å². The largest absolute Gasteiger partial charge is 0.444 e. The van der Waals surface area contributed by atoms with Gasteiger partial charge in [0.2, 0.25) is 0 Å². The summed E-state index contributed by atoms with van der Waals surface area (Å²) in [5, 5.41) is 0.450. The molecule has 102 valence electrons. The lowest BCUT2D eigenvalue weighted by molar-refractivity contribution is 0.0109. The maximum absolute atomic E-state index is 12.0. The molecule has 0 aliphatic carbocycles. The molecule has 2 aliphatic rings. The summed E-state index contributed by atoms with van der Waals surface area (Å²) in [6.07, 6.45) is 1.85. The normalized spacial score (nSPS) is 27.3. The van der Waals surface area contributed by atoms with Gasteiger partial charge in [0.05, 0.1) is 0 Å². The predicted octanol–water partition coefficient (Wildman–Crippen LogP) is 1.31. The Kier molecular flexibility index (Phi) is 3.40. The van der Waals surface area contributed by atoms with Crippen LogP contribution in [0.15, 0.2) is 0 Å². The van der Waals surface area contributed by atoms with E-state index in [1.54, 1.807) is 4.90 Å². The van der Waals surface area contributed by atoms with E-state index in [9.17, 15) is 4.79 Å². The number of thiocarbonyl (C=S) groups is 1. The van der Waals surface area contributed by atoms with Gasteiger partial charge in [-0.3, -0.25) is 0 Å². The van der Waals surface area contributed by atoms with E-state index in [4.69, 9.17) is 22.7 Å². The van der Waals surface area contributed by atoms with Gasteiger partial charge in [-0.25, -0.2) is 4.79 Å². The number of rotatable bonds is 0. The topological polar surface area (TPSA) is 58.8 Å². The summed E-state index contributed by atoms with van der Waals surface area (Å²) in [6.45, 7) is 6.95. The van der Waals surface area contributed by atoms with Gasteiger partial charge in [-0.15, -0.1) is 0 Å². The van der Waals surface area contributed by atoms with Gasteiger partial charge in [-0.05, 0) is 45.8 Å². The van der Waals surface area contributed by atoms with Gasteiger partial charge < -0.3 is 20.3 Å². The highest BCUT2D eigenvalue weighted by Crippen LogP contribution is 2.30. The van der Waals surface area contributed by atoms with Crippen molar-refractivity contribution in [2.45, 2.75) is 51.3 Å². The molecule has 2 heterocycles. The number of hydrogen-bond donors (Lipinski definition) is 1. The van der Waals surface area contributed by atoms with E-state index in [2.05, 4.69) is 4.90 Å². The number of carbonyl (C=O) groups excluding carboxylic acids is 1. The molecule has 2 aliphatic heterocycles. The van der Waals surface area contributed by atoms with Crippen LogP contribution >= 0.6 is 12.2 Å². The lowest BCUT2D eigenvalue weighted by atomic mass is 10.2. The third-order valence-corrected chi connectivity index (χ3v) is 3.60. The first kappa shape index (κ1) is 13.4. The molecule has 0 radical (unpaired) electrons. The van der Waals surface area contributed by atoms with E-state index < -0.39 is 5.60 Å². The lowest BCUT2D eigenvalue weighted by Gasteiger charge is -2.41. The molecule has 2 fully saturated rings. The molecule has 18 heavy (non-hydrogen) atoms. The number of piperazine rings is 1. The monoisotopic (exact) mass is 271 g/mol. The van der Waals surface area contributed by atoms with E-state index in [1.807, 2.05) is 20.8 Å². The number of amides is 1. The molecule has 2 atom stereocenters. The molecule has 0 unspecified atom stereocenters. The van der Waals surface area contributed by atoms with Crippen LogP contribution in [0.1, 0.15) is 33.6 Å². The fraction of sp³-hybridized carbons (Fsp3) is 0.833. The van der Waals surface area contributed by atoms with Crippen molar-refractivity contribution >= 4 is 23.4 Å². The number of ether oxygens (including phenoxy) is 1. The SMILES string of the molecule is CC(C)(C)OC(=O)N1C[C@H]2CC[C@@H](C1)N2C(N)=S. The number of nitrogens with two attached hydrogens (primary N) is 1. The van der Waals surface area contributed by atoms with Crippen molar-refractivity contribution in [2.24, 2.45) is 5.73 Å². The Morgan fingerprint density at radius 2 is 1.78 bits per heavy atom. The first-order chi connectivity index (χ1) is 8.28. The highest BCUT2D eigenvalue weighted by atomic mass is 32.1. The van der Waals surface area contributed by atoms with Crippen molar-refractivity contribution in [3.8, 4) is 0 Å². The predicted molar refractivity (Wildman–Crippen MR) is 73.2 cm³/mol. The first-order valence-electron chi connectivity index (χ1n) is 6.33. The molecule has 0 aromatic heterocycles. The molecular formula is C12H21N3O2S. The van der Waals surface area contributed by atoms with E-state index >= 15 is 0 Å². The quantitative estimate of drug-likeness (QED) is 0.673. The van der Waals surface area contributed by atoms with Gasteiger partial charge in [0.15, 0.2) is 5.11 Å². The molecule has 5 nitrogen and oxygen atoms in total. The standard InChI is InChI=1S/C12H21N3O2S/c1-12(2,3)17-11(16)14-6-8-4-5-9(7-14)15(8)10(13)18/h8-9H,4-7H2,1-3H3,(H2,13,18)/t8-,9+. The van der Waals surface area contributed by atoms with Gasteiger partial charge >= 0.3 is 6.09 Å². The third kappa shape index (κ3) is 2.68. The minimum absolute atomic E-state index is 0.234. The van der Waals surface area contributed by atoms with Crippen LogP contribution in [0.25, 0.3) is 0 Å². The van der Waals surface area contributed by atoms with Crippen molar-refractivity contribution in [1.82, 2.24) is 9.80 Å². The second kappa shape index (κ2) is 4.57. The second-order valence-corrected chi connectivity index (χ2v) is 6.43. The molecule has 0 aromatic carbocycles. The summed E-state index contributed by atoms with van der Waals surface area (Å²) in [5.74, 6) is 0. The minimum Gasteiger partial charge on any atom is -0.444 e. The van der Waals surface area contributed by atoms with E-state index in [0.29, 0.717) is 18.2 Å². The molecule has 2 rings (SSSR count). The van der Waals surface area contributed by atoms with Crippen LogP contribution in [0.2, 0.25) is 0 Å². The summed E-state index contributed by atoms with van der Waals surface area (Å²) >= 11 is 5.07. The zero-order chi connectivity index (χ0) is 13.5. The van der Waals surface area contributed by atoms with Crippen LogP contribution in [-0.2, 0) is 4.74 Å². The van der Waals surface area contributed by atoms with Crippen molar-refractivity contribution in [2.75, 3.05) is 13.1 Å². The van der Waals surface area contributed by atoms with Crippen LogP contribution in [0, 0.1) is 0 Å². The Morgan fingerprint density at radius 3 is 2.17 bits per heavy atom. The molecule has 0 saturated carbocycles. The Hall–Kier alpha value is -1.04. The molecule has 0 spiro atoms. The van der Waals surface area contributed by atoms with Crippen molar-refractivity contribution in [1.29, 1.82) is 0 Å². The van der Waals surface area contributed by atoms with Gasteiger partial charge in [0, 0.05) is 25.2 Å². The Labute approximate surface area is 113 Å². The molecule has 1 amide bonds. The van der Waals surface area contributed by atoms with Gasteiger partial charge in [-0.2, -0.15) is 0 Å². The van der Waals surface area contributed by atoms with E-state index in [-0.39, 0.29) is 18.2 Å².